The number of hydrogen-bond acceptors (Lipinski definition) is 3. The van der Waals surface area contributed by atoms with E-state index < -0.39 is 0 Å². The van der Waals surface area contributed by atoms with Crippen molar-refractivity contribution in [3.05, 3.63) is 5.69 Å². The Labute approximate surface area is 97.8 Å². The number of nitrogens with zero attached hydrogens (tertiary/aromatic N) is 2. The summed E-state index contributed by atoms with van der Waals surface area (Å²) in [4.78, 5) is 0. The second-order valence-corrected chi connectivity index (χ2v) is 4.19. The van der Waals surface area contributed by atoms with Gasteiger partial charge in [-0.25, -0.2) is 4.68 Å². The standard InChI is InChI=1S/C12H23N3O/c1-4-5-6-7-8-9-16-12-11(13)10(2)14-15(12)3/h4-9,13H2,1-3H3. The first-order valence-corrected chi connectivity index (χ1v) is 6.08. The van der Waals surface area contributed by atoms with Gasteiger partial charge in [-0.05, 0) is 13.3 Å². The molecule has 0 unspecified atom stereocenters. The first kappa shape index (κ1) is 12.9. The highest BCUT2D eigenvalue weighted by Crippen LogP contribution is 2.23. The highest BCUT2D eigenvalue weighted by Gasteiger charge is 2.10. The molecule has 92 valence electrons. The van der Waals surface area contributed by atoms with Crippen molar-refractivity contribution in [1.82, 2.24) is 9.78 Å². The number of ether oxygens (including phenoxy) is 1. The van der Waals surface area contributed by atoms with Crippen molar-refractivity contribution in [3.63, 3.8) is 0 Å². The first-order chi connectivity index (χ1) is 7.66. The van der Waals surface area contributed by atoms with Gasteiger partial charge in [0.2, 0.25) is 5.88 Å². The fourth-order valence-corrected chi connectivity index (χ4v) is 1.70. The summed E-state index contributed by atoms with van der Waals surface area (Å²) in [5.74, 6) is 0.702. The Balaban J connectivity index is 2.26. The molecule has 0 fully saturated rings. The van der Waals surface area contributed by atoms with E-state index in [1.54, 1.807) is 4.68 Å². The molecule has 0 aliphatic rings. The van der Waals surface area contributed by atoms with E-state index in [1.807, 2.05) is 14.0 Å². The molecule has 4 nitrogen and oxygen atoms in total. The van der Waals surface area contributed by atoms with Crippen molar-refractivity contribution in [3.8, 4) is 5.88 Å². The van der Waals surface area contributed by atoms with Gasteiger partial charge in [0, 0.05) is 7.05 Å². The van der Waals surface area contributed by atoms with Gasteiger partial charge in [-0.15, -0.1) is 0 Å². The lowest BCUT2D eigenvalue weighted by molar-refractivity contribution is 0.281. The lowest BCUT2D eigenvalue weighted by Crippen LogP contribution is -2.04. The first-order valence-electron chi connectivity index (χ1n) is 6.08. The second-order valence-electron chi connectivity index (χ2n) is 4.19. The summed E-state index contributed by atoms with van der Waals surface area (Å²) in [6, 6.07) is 0. The Morgan fingerprint density at radius 3 is 2.50 bits per heavy atom. The Morgan fingerprint density at radius 2 is 1.94 bits per heavy atom. The monoisotopic (exact) mass is 225 g/mol. The fourth-order valence-electron chi connectivity index (χ4n) is 1.70. The molecule has 16 heavy (non-hydrogen) atoms. The molecule has 0 saturated heterocycles. The van der Waals surface area contributed by atoms with Crippen LogP contribution in [0.1, 0.15) is 44.7 Å². The molecule has 0 radical (unpaired) electrons. The highest BCUT2D eigenvalue weighted by molar-refractivity contribution is 5.52. The van der Waals surface area contributed by atoms with Gasteiger partial charge in [0.05, 0.1) is 12.3 Å². The Kier molecular flexibility index (Phi) is 5.15. The van der Waals surface area contributed by atoms with Crippen molar-refractivity contribution >= 4 is 5.69 Å². The largest absolute Gasteiger partial charge is 0.476 e. The van der Waals surface area contributed by atoms with E-state index in [9.17, 15) is 0 Å². The van der Waals surface area contributed by atoms with Crippen LogP contribution in [-0.2, 0) is 7.05 Å². The molecule has 1 heterocycles. The maximum Gasteiger partial charge on any atom is 0.235 e. The number of anilines is 1. The minimum absolute atomic E-state index is 0.663. The third kappa shape index (κ3) is 3.43. The summed E-state index contributed by atoms with van der Waals surface area (Å²) in [7, 11) is 1.86. The molecule has 1 rings (SSSR count). The summed E-state index contributed by atoms with van der Waals surface area (Å²) in [6.07, 6.45) is 6.19. The van der Waals surface area contributed by atoms with Gasteiger partial charge in [0.25, 0.3) is 0 Å². The van der Waals surface area contributed by atoms with Crippen LogP contribution >= 0.6 is 0 Å². The molecule has 0 aromatic carbocycles. The topological polar surface area (TPSA) is 53.1 Å². The molecule has 0 bridgehead atoms. The normalized spacial score (nSPS) is 10.7. The lowest BCUT2D eigenvalue weighted by Gasteiger charge is -2.06. The minimum atomic E-state index is 0.663. The fraction of sp³-hybridized carbons (Fsp3) is 0.750. The summed E-state index contributed by atoms with van der Waals surface area (Å²) in [6.45, 7) is 4.84. The zero-order valence-electron chi connectivity index (χ0n) is 10.6. The number of hydrogen-bond donors (Lipinski definition) is 1. The van der Waals surface area contributed by atoms with Crippen LogP contribution in [0.5, 0.6) is 5.88 Å². The summed E-state index contributed by atoms with van der Waals surface area (Å²) < 4.78 is 7.35. The van der Waals surface area contributed by atoms with Gasteiger partial charge in [-0.2, -0.15) is 5.10 Å². The molecule has 0 amide bonds. The Hall–Kier alpha value is -1.19. The van der Waals surface area contributed by atoms with Crippen molar-refractivity contribution in [1.29, 1.82) is 0 Å². The predicted octanol–water partition coefficient (Wildman–Crippen LogP) is 2.66. The highest BCUT2D eigenvalue weighted by atomic mass is 16.5. The van der Waals surface area contributed by atoms with Crippen LogP contribution in [0.25, 0.3) is 0 Å². The minimum Gasteiger partial charge on any atom is -0.476 e. The zero-order chi connectivity index (χ0) is 12.0. The van der Waals surface area contributed by atoms with Crippen LogP contribution < -0.4 is 10.5 Å². The number of unbranched alkanes of at least 4 members (excludes halogenated alkanes) is 4. The van der Waals surface area contributed by atoms with E-state index in [1.165, 1.54) is 25.7 Å². The molecule has 0 aliphatic carbocycles. The number of rotatable bonds is 7. The molecule has 1 aromatic heterocycles. The second kappa shape index (κ2) is 6.40. The van der Waals surface area contributed by atoms with Gasteiger partial charge in [-0.3, -0.25) is 0 Å². The van der Waals surface area contributed by atoms with Crippen LogP contribution in [-0.4, -0.2) is 16.4 Å². The summed E-state index contributed by atoms with van der Waals surface area (Å²) in [5, 5.41) is 4.21. The van der Waals surface area contributed by atoms with Gasteiger partial charge in [0.15, 0.2) is 0 Å². The van der Waals surface area contributed by atoms with E-state index in [0.29, 0.717) is 11.6 Å². The van der Waals surface area contributed by atoms with Crippen LogP contribution in [0.2, 0.25) is 0 Å². The molecular weight excluding hydrogens is 202 g/mol. The van der Waals surface area contributed by atoms with Gasteiger partial charge < -0.3 is 10.5 Å². The van der Waals surface area contributed by atoms with Crippen molar-refractivity contribution < 1.29 is 4.74 Å². The van der Waals surface area contributed by atoms with E-state index in [0.717, 1.165) is 18.7 Å². The zero-order valence-corrected chi connectivity index (χ0v) is 10.6. The van der Waals surface area contributed by atoms with Gasteiger partial charge >= 0.3 is 0 Å². The average Bonchev–Trinajstić information content (AvgIpc) is 2.49. The molecule has 0 spiro atoms. The average molecular weight is 225 g/mol. The van der Waals surface area contributed by atoms with E-state index in [-0.39, 0.29) is 0 Å². The van der Waals surface area contributed by atoms with E-state index in [4.69, 9.17) is 10.5 Å². The maximum atomic E-state index is 5.86. The smallest absolute Gasteiger partial charge is 0.235 e. The van der Waals surface area contributed by atoms with Crippen molar-refractivity contribution in [2.45, 2.75) is 46.0 Å². The van der Waals surface area contributed by atoms with Crippen LogP contribution in [0, 0.1) is 6.92 Å². The molecule has 0 saturated carbocycles. The molecule has 2 N–H and O–H groups in total. The van der Waals surface area contributed by atoms with E-state index in [2.05, 4.69) is 12.0 Å². The van der Waals surface area contributed by atoms with Crippen LogP contribution in [0.3, 0.4) is 0 Å². The quantitative estimate of drug-likeness (QED) is 0.726. The van der Waals surface area contributed by atoms with Gasteiger partial charge in [0.1, 0.15) is 5.69 Å². The Morgan fingerprint density at radius 1 is 1.25 bits per heavy atom. The molecule has 0 aliphatic heterocycles. The van der Waals surface area contributed by atoms with Crippen molar-refractivity contribution in [2.75, 3.05) is 12.3 Å². The summed E-state index contributed by atoms with van der Waals surface area (Å²) in [5.41, 5.74) is 7.36. The van der Waals surface area contributed by atoms with Gasteiger partial charge in [-0.1, -0.05) is 32.6 Å². The molecular formula is C12H23N3O. The predicted molar refractivity (Wildman–Crippen MR) is 66.6 cm³/mol. The number of nitrogen functional groups attached to an aromatic ring is 1. The third-order valence-electron chi connectivity index (χ3n) is 2.70. The summed E-state index contributed by atoms with van der Waals surface area (Å²) >= 11 is 0. The third-order valence-corrected chi connectivity index (χ3v) is 2.70. The molecule has 4 heteroatoms. The molecule has 1 aromatic rings. The van der Waals surface area contributed by atoms with Crippen molar-refractivity contribution in [2.24, 2.45) is 7.05 Å². The van der Waals surface area contributed by atoms with E-state index >= 15 is 0 Å². The van der Waals surface area contributed by atoms with Crippen LogP contribution in [0.15, 0.2) is 0 Å². The number of nitrogens with two attached hydrogens (primary N) is 1. The number of aromatic nitrogens is 2. The molecule has 0 atom stereocenters. The van der Waals surface area contributed by atoms with Crippen LogP contribution in [0.4, 0.5) is 5.69 Å². The number of aryl methyl sites for hydroxylation is 2. The lowest BCUT2D eigenvalue weighted by atomic mass is 10.2. The SMILES string of the molecule is CCCCCCCOc1c(N)c(C)nn1C. The Bertz CT molecular complexity index is 320. The maximum absolute atomic E-state index is 5.86.